The van der Waals surface area contributed by atoms with Gasteiger partial charge in [0, 0.05) is 7.11 Å². The van der Waals surface area contributed by atoms with Crippen molar-refractivity contribution in [1.29, 1.82) is 0 Å². The summed E-state index contributed by atoms with van der Waals surface area (Å²) in [6, 6.07) is 11.4. The molecule has 1 heterocycles. The summed E-state index contributed by atoms with van der Waals surface area (Å²) >= 11 is 0. The third-order valence-electron chi connectivity index (χ3n) is 5.36. The van der Waals surface area contributed by atoms with Crippen molar-refractivity contribution in [2.45, 2.75) is 36.8 Å². The second kappa shape index (κ2) is 11.5. The summed E-state index contributed by atoms with van der Waals surface area (Å²) in [6.45, 7) is -0.603. The van der Waals surface area contributed by atoms with E-state index in [0.717, 1.165) is 0 Å². The molecule has 1 saturated heterocycles. The van der Waals surface area contributed by atoms with E-state index < -0.39 is 43.4 Å². The number of phenols is 1. The van der Waals surface area contributed by atoms with Crippen molar-refractivity contribution in [2.75, 3.05) is 34.5 Å². The first-order valence-electron chi connectivity index (χ1n) is 10.4. The van der Waals surface area contributed by atoms with Crippen LogP contribution in [0.15, 0.2) is 42.5 Å². The van der Waals surface area contributed by atoms with Crippen molar-refractivity contribution >= 4 is 0 Å². The van der Waals surface area contributed by atoms with Gasteiger partial charge < -0.3 is 48.8 Å². The topological polar surface area (TPSA) is 136 Å². The summed E-state index contributed by atoms with van der Waals surface area (Å²) < 4.78 is 33.5. The van der Waals surface area contributed by atoms with E-state index in [4.69, 9.17) is 28.4 Å². The van der Waals surface area contributed by atoms with E-state index in [0.29, 0.717) is 17.1 Å². The number of methoxy groups -OCH3 is 3. The molecule has 3 rings (SSSR count). The summed E-state index contributed by atoms with van der Waals surface area (Å²) in [5.74, 6) is 0.905. The first kappa shape index (κ1) is 25.0. The van der Waals surface area contributed by atoms with Gasteiger partial charge in [-0.3, -0.25) is 0 Å². The second-order valence-corrected chi connectivity index (χ2v) is 7.44. The molecular formula is C23H30O10. The van der Waals surface area contributed by atoms with Gasteiger partial charge in [0.1, 0.15) is 24.4 Å². The molecule has 0 amide bonds. The summed E-state index contributed by atoms with van der Waals surface area (Å²) in [7, 11) is 4.29. The number of hydrogen-bond donors (Lipinski definition) is 4. The number of ether oxygens (including phenoxy) is 6. The van der Waals surface area contributed by atoms with Gasteiger partial charge in [-0.05, 0) is 29.8 Å². The Kier molecular flexibility index (Phi) is 8.73. The Morgan fingerprint density at radius 3 is 2.33 bits per heavy atom. The normalized spacial score (nSPS) is 24.7. The lowest BCUT2D eigenvalue weighted by molar-refractivity contribution is -0.289. The summed E-state index contributed by atoms with van der Waals surface area (Å²) in [6.07, 6.45) is -6.59. The van der Waals surface area contributed by atoms with Gasteiger partial charge in [0.05, 0.1) is 27.4 Å². The van der Waals surface area contributed by atoms with Crippen LogP contribution in [-0.4, -0.2) is 85.7 Å². The molecule has 182 valence electrons. The quantitative estimate of drug-likeness (QED) is 0.401. The molecule has 1 aliphatic heterocycles. The van der Waals surface area contributed by atoms with E-state index in [1.54, 1.807) is 30.3 Å². The molecule has 6 atom stereocenters. The molecule has 0 unspecified atom stereocenters. The van der Waals surface area contributed by atoms with Gasteiger partial charge in [-0.2, -0.15) is 0 Å². The minimum Gasteiger partial charge on any atom is -0.504 e. The summed E-state index contributed by atoms with van der Waals surface area (Å²) in [5, 5.41) is 40.9. The largest absolute Gasteiger partial charge is 0.504 e. The Balaban J connectivity index is 2.00. The highest BCUT2D eigenvalue weighted by Gasteiger charge is 2.43. The minimum atomic E-state index is -1.32. The summed E-state index contributed by atoms with van der Waals surface area (Å²) in [5.41, 5.74) is 0.473. The smallest absolute Gasteiger partial charge is 0.186 e. The molecule has 4 N–H and O–H groups in total. The molecule has 10 heteroatoms. The van der Waals surface area contributed by atoms with Crippen LogP contribution >= 0.6 is 0 Å². The van der Waals surface area contributed by atoms with Crippen LogP contribution in [0.5, 0.6) is 23.0 Å². The molecule has 2 aromatic rings. The van der Waals surface area contributed by atoms with Gasteiger partial charge >= 0.3 is 0 Å². The monoisotopic (exact) mass is 466 g/mol. The highest BCUT2D eigenvalue weighted by Crippen LogP contribution is 2.37. The second-order valence-electron chi connectivity index (χ2n) is 7.44. The fourth-order valence-electron chi connectivity index (χ4n) is 3.61. The number of aliphatic hydroxyl groups excluding tert-OH is 3. The van der Waals surface area contributed by atoms with Crippen LogP contribution in [0.4, 0.5) is 0 Å². The van der Waals surface area contributed by atoms with Crippen LogP contribution in [0.25, 0.3) is 0 Å². The SMILES string of the molecule is COc1cc([C@H](O[C@H]2[C@H](OC)OC[C@@H](O)[C@@H]2O)[C@@H](CO)Oc2ccccc2OC)ccc1O. The van der Waals surface area contributed by atoms with Crippen molar-refractivity contribution in [3.8, 4) is 23.0 Å². The standard InChI is InChI=1S/C23H30O10/c1-28-16-6-4-5-7-17(16)32-19(11-24)21(13-8-9-14(25)18(10-13)29-2)33-22-20(27)15(26)12-31-23(22)30-3/h4-10,15,19-27H,11-12H2,1-3H3/t15-,19-,20+,21+,22-,23-/m1/s1. The Bertz CT molecular complexity index is 889. The number of para-hydroxylation sites is 2. The number of benzene rings is 2. The van der Waals surface area contributed by atoms with Crippen LogP contribution in [0.2, 0.25) is 0 Å². The van der Waals surface area contributed by atoms with Crippen LogP contribution in [0.3, 0.4) is 0 Å². The fraction of sp³-hybridized carbons (Fsp3) is 0.478. The van der Waals surface area contributed by atoms with Gasteiger partial charge in [0.15, 0.2) is 35.4 Å². The van der Waals surface area contributed by atoms with Crippen molar-refractivity contribution < 1.29 is 48.8 Å². The molecule has 1 fully saturated rings. The number of aliphatic hydroxyl groups is 3. The molecule has 0 spiro atoms. The van der Waals surface area contributed by atoms with E-state index in [2.05, 4.69) is 0 Å². The van der Waals surface area contributed by atoms with Crippen LogP contribution in [0.1, 0.15) is 11.7 Å². The maximum absolute atomic E-state index is 10.6. The third kappa shape index (κ3) is 5.67. The van der Waals surface area contributed by atoms with Gasteiger partial charge in [-0.15, -0.1) is 0 Å². The molecule has 1 aliphatic rings. The van der Waals surface area contributed by atoms with E-state index in [1.165, 1.54) is 33.5 Å². The maximum Gasteiger partial charge on any atom is 0.186 e. The molecule has 10 nitrogen and oxygen atoms in total. The Hall–Kier alpha value is -2.60. The lowest BCUT2D eigenvalue weighted by Gasteiger charge is -2.40. The average molecular weight is 466 g/mol. The molecule has 0 radical (unpaired) electrons. The van der Waals surface area contributed by atoms with Gasteiger partial charge in [0.2, 0.25) is 0 Å². The molecule has 0 saturated carbocycles. The van der Waals surface area contributed by atoms with Crippen LogP contribution < -0.4 is 14.2 Å². The molecule has 0 bridgehead atoms. The van der Waals surface area contributed by atoms with E-state index in [1.807, 2.05) is 0 Å². The Labute approximate surface area is 191 Å². The van der Waals surface area contributed by atoms with Crippen molar-refractivity contribution in [3.05, 3.63) is 48.0 Å². The van der Waals surface area contributed by atoms with Gasteiger partial charge in [0.25, 0.3) is 0 Å². The highest BCUT2D eigenvalue weighted by atomic mass is 16.7. The van der Waals surface area contributed by atoms with Crippen LogP contribution in [0, 0.1) is 0 Å². The first-order valence-corrected chi connectivity index (χ1v) is 10.4. The van der Waals surface area contributed by atoms with E-state index in [-0.39, 0.29) is 18.1 Å². The average Bonchev–Trinajstić information content (AvgIpc) is 2.84. The highest BCUT2D eigenvalue weighted by molar-refractivity contribution is 5.43. The van der Waals surface area contributed by atoms with Gasteiger partial charge in [-0.1, -0.05) is 18.2 Å². The summed E-state index contributed by atoms with van der Waals surface area (Å²) in [4.78, 5) is 0. The first-order chi connectivity index (χ1) is 15.9. The Morgan fingerprint density at radius 1 is 1.00 bits per heavy atom. The Morgan fingerprint density at radius 2 is 1.70 bits per heavy atom. The maximum atomic E-state index is 10.6. The zero-order valence-electron chi connectivity index (χ0n) is 18.7. The number of hydrogen-bond acceptors (Lipinski definition) is 10. The minimum absolute atomic E-state index is 0.0857. The van der Waals surface area contributed by atoms with Crippen LogP contribution in [-0.2, 0) is 14.2 Å². The zero-order chi connectivity index (χ0) is 24.0. The lowest BCUT2D eigenvalue weighted by atomic mass is 10.0. The van der Waals surface area contributed by atoms with Gasteiger partial charge in [-0.25, -0.2) is 0 Å². The molecule has 0 aliphatic carbocycles. The van der Waals surface area contributed by atoms with Crippen molar-refractivity contribution in [3.63, 3.8) is 0 Å². The van der Waals surface area contributed by atoms with Crippen molar-refractivity contribution in [1.82, 2.24) is 0 Å². The predicted molar refractivity (Wildman–Crippen MR) is 116 cm³/mol. The van der Waals surface area contributed by atoms with Crippen molar-refractivity contribution in [2.24, 2.45) is 0 Å². The lowest BCUT2D eigenvalue weighted by Crippen LogP contribution is -2.55. The molecule has 2 aromatic carbocycles. The van der Waals surface area contributed by atoms with E-state index >= 15 is 0 Å². The number of aromatic hydroxyl groups is 1. The zero-order valence-corrected chi connectivity index (χ0v) is 18.7. The molecule has 33 heavy (non-hydrogen) atoms. The molecule has 0 aromatic heterocycles. The molecular weight excluding hydrogens is 436 g/mol. The van der Waals surface area contributed by atoms with E-state index in [9.17, 15) is 20.4 Å². The number of rotatable bonds is 10. The predicted octanol–water partition coefficient (Wildman–Crippen LogP) is 1.00. The third-order valence-corrected chi connectivity index (χ3v) is 5.36. The number of phenolic OH excluding ortho intramolecular Hbond substituents is 1. The fourth-order valence-corrected chi connectivity index (χ4v) is 3.61.